The average Bonchev–Trinajstić information content (AvgIpc) is 3.16. The Labute approximate surface area is 206 Å². The van der Waals surface area contributed by atoms with E-state index in [2.05, 4.69) is 9.97 Å². The van der Waals surface area contributed by atoms with Crippen LogP contribution >= 0.6 is 0 Å². The van der Waals surface area contributed by atoms with Crippen molar-refractivity contribution in [2.75, 3.05) is 23.0 Å². The van der Waals surface area contributed by atoms with Crippen LogP contribution in [0.1, 0.15) is 11.1 Å². The predicted molar refractivity (Wildman–Crippen MR) is 118 cm³/mol. The Morgan fingerprint density at radius 3 is 2.51 bits per heavy atom. The van der Waals surface area contributed by atoms with Crippen molar-refractivity contribution in [1.29, 1.82) is 0 Å². The average molecular weight is 544 g/mol. The predicted octanol–water partition coefficient (Wildman–Crippen LogP) is 2.92. The molecule has 0 aliphatic carbocycles. The van der Waals surface area contributed by atoms with E-state index in [-0.39, 0.29) is 36.0 Å². The zero-order chi connectivity index (χ0) is 26.5. The summed E-state index contributed by atoms with van der Waals surface area (Å²) in [5, 5.41) is 0. The fraction of sp³-hybridized carbons (Fsp3) is 0.318. The molecule has 2 aliphatic rings. The molecular formula is C22H17F5N4O5S. The molecule has 1 fully saturated rings. The maximum Gasteiger partial charge on any atom is 0.418 e. The molecule has 5 rings (SSSR count). The summed E-state index contributed by atoms with van der Waals surface area (Å²) in [4.78, 5) is 21.4. The van der Waals surface area contributed by atoms with Gasteiger partial charge >= 0.3 is 11.9 Å². The minimum absolute atomic E-state index is 0.00569. The molecule has 37 heavy (non-hydrogen) atoms. The van der Waals surface area contributed by atoms with Gasteiger partial charge < -0.3 is 14.4 Å². The number of hydrogen-bond donors (Lipinski definition) is 0. The Morgan fingerprint density at radius 1 is 1.08 bits per heavy atom. The van der Waals surface area contributed by atoms with Crippen LogP contribution in [0.25, 0.3) is 0 Å². The fourth-order valence-electron chi connectivity index (χ4n) is 4.20. The summed E-state index contributed by atoms with van der Waals surface area (Å²) >= 11 is 0. The Hall–Kier alpha value is -3.75. The third-order valence-electron chi connectivity index (χ3n) is 5.89. The van der Waals surface area contributed by atoms with Crippen LogP contribution in [0.15, 0.2) is 41.5 Å². The molecule has 0 saturated carbocycles. The van der Waals surface area contributed by atoms with Crippen LogP contribution in [0.4, 0.5) is 27.8 Å². The maximum atomic E-state index is 14.6. The maximum absolute atomic E-state index is 14.6. The lowest BCUT2D eigenvalue weighted by atomic mass is 10.2. The molecule has 0 bridgehead atoms. The first kappa shape index (κ1) is 24.9. The van der Waals surface area contributed by atoms with E-state index >= 15 is 0 Å². The second-order valence-electron chi connectivity index (χ2n) is 8.49. The highest BCUT2D eigenvalue weighted by atomic mass is 32.2. The molecule has 0 amide bonds. The molecule has 9 nitrogen and oxygen atoms in total. The lowest BCUT2D eigenvalue weighted by Crippen LogP contribution is -2.46. The van der Waals surface area contributed by atoms with E-state index in [0.717, 1.165) is 18.3 Å². The minimum atomic E-state index is -4.72. The van der Waals surface area contributed by atoms with Gasteiger partial charge in [0.05, 0.1) is 35.9 Å². The normalized spacial score (nSPS) is 18.3. The smallest absolute Gasteiger partial charge is 0.418 e. The number of pyridine rings is 1. The number of hydrogen-bond acceptors (Lipinski definition) is 8. The molecule has 0 N–H and O–H groups in total. The first-order chi connectivity index (χ1) is 17.4. The van der Waals surface area contributed by atoms with Crippen LogP contribution < -0.4 is 20.1 Å². The first-order valence-corrected chi connectivity index (χ1v) is 12.6. The highest BCUT2D eigenvalue weighted by Crippen LogP contribution is 2.34. The van der Waals surface area contributed by atoms with Crippen molar-refractivity contribution in [3.05, 3.63) is 69.9 Å². The highest BCUT2D eigenvalue weighted by Gasteiger charge is 2.38. The van der Waals surface area contributed by atoms with E-state index in [0.29, 0.717) is 18.1 Å². The summed E-state index contributed by atoms with van der Waals surface area (Å²) in [5.41, 5.74) is -1.81. The topological polar surface area (TPSA) is 104 Å². The Kier molecular flexibility index (Phi) is 6.04. The van der Waals surface area contributed by atoms with Gasteiger partial charge in [0.15, 0.2) is 27.2 Å². The van der Waals surface area contributed by atoms with Crippen molar-refractivity contribution in [3.63, 3.8) is 0 Å². The number of halogens is 5. The molecule has 2 aromatic heterocycles. The van der Waals surface area contributed by atoms with Gasteiger partial charge in [0.25, 0.3) is 0 Å². The molecule has 0 spiro atoms. The molecule has 2 aliphatic heterocycles. The van der Waals surface area contributed by atoms with E-state index in [4.69, 9.17) is 9.47 Å². The van der Waals surface area contributed by atoms with Gasteiger partial charge in [-0.25, -0.2) is 22.0 Å². The zero-order valence-corrected chi connectivity index (χ0v) is 19.5. The molecule has 3 aromatic rings. The SMILES string of the molecule is O=c1nc(OCc2cc(F)c(Oc3cncc(C(F)(F)F)c3)c(F)c2)cc2n1CC1CS(=O)(=O)CCN21. The second-order valence-corrected chi connectivity index (χ2v) is 10.7. The number of benzene rings is 1. The number of nitrogens with zero attached hydrogens (tertiary/aromatic N) is 4. The molecular weight excluding hydrogens is 527 g/mol. The lowest BCUT2D eigenvalue weighted by Gasteiger charge is -2.30. The van der Waals surface area contributed by atoms with Gasteiger partial charge in [-0.15, -0.1) is 0 Å². The molecule has 15 heteroatoms. The molecule has 1 aromatic carbocycles. The largest absolute Gasteiger partial charge is 0.473 e. The molecule has 1 saturated heterocycles. The third-order valence-corrected chi connectivity index (χ3v) is 7.59. The Morgan fingerprint density at radius 2 is 1.81 bits per heavy atom. The Bertz CT molecular complexity index is 1520. The van der Waals surface area contributed by atoms with Crippen LogP contribution in [0.5, 0.6) is 17.4 Å². The molecule has 1 unspecified atom stereocenters. The summed E-state index contributed by atoms with van der Waals surface area (Å²) in [7, 11) is -3.21. The number of sulfone groups is 1. The van der Waals surface area contributed by atoms with Gasteiger partial charge in [-0.1, -0.05) is 0 Å². The monoisotopic (exact) mass is 544 g/mol. The summed E-state index contributed by atoms with van der Waals surface area (Å²) in [6.45, 7) is -0.0257. The summed E-state index contributed by atoms with van der Waals surface area (Å²) in [5.74, 6) is -3.67. The number of ether oxygens (including phenoxy) is 2. The minimum Gasteiger partial charge on any atom is -0.473 e. The molecule has 4 heterocycles. The van der Waals surface area contributed by atoms with E-state index < -0.39 is 63.0 Å². The molecule has 0 radical (unpaired) electrons. The van der Waals surface area contributed by atoms with E-state index in [1.165, 1.54) is 10.6 Å². The van der Waals surface area contributed by atoms with E-state index in [9.17, 15) is 35.2 Å². The zero-order valence-electron chi connectivity index (χ0n) is 18.7. The summed E-state index contributed by atoms with van der Waals surface area (Å²) < 4.78 is 103. The van der Waals surface area contributed by atoms with Crippen molar-refractivity contribution >= 4 is 15.7 Å². The number of rotatable bonds is 5. The number of fused-ring (bicyclic) bond motifs is 3. The molecule has 1 atom stereocenters. The fourth-order valence-corrected chi connectivity index (χ4v) is 5.72. The number of anilines is 1. The van der Waals surface area contributed by atoms with Crippen LogP contribution in [0.2, 0.25) is 0 Å². The van der Waals surface area contributed by atoms with Crippen molar-refractivity contribution in [1.82, 2.24) is 14.5 Å². The van der Waals surface area contributed by atoms with Gasteiger partial charge in [-0.3, -0.25) is 9.55 Å². The second kappa shape index (κ2) is 8.97. The van der Waals surface area contributed by atoms with Gasteiger partial charge in [-0.05, 0) is 23.8 Å². The van der Waals surface area contributed by atoms with Gasteiger partial charge in [0.1, 0.15) is 18.2 Å². The van der Waals surface area contributed by atoms with Crippen LogP contribution in [0, 0.1) is 11.6 Å². The van der Waals surface area contributed by atoms with Crippen LogP contribution in [-0.4, -0.2) is 47.0 Å². The van der Waals surface area contributed by atoms with Gasteiger partial charge in [-0.2, -0.15) is 18.2 Å². The van der Waals surface area contributed by atoms with Crippen LogP contribution in [0.3, 0.4) is 0 Å². The standard InChI is InChI=1S/C22H17F5N4O5S/c23-16-3-12(4-17(24)20(16)36-15-5-13(7-28-8-15)22(25,26)27)10-35-18-6-19-30-1-2-37(33,34)11-14(30)9-31(19)21(32)29-18/h3-8,14H,1-2,9-11H2. The Balaban J connectivity index is 1.31. The highest BCUT2D eigenvalue weighted by molar-refractivity contribution is 7.91. The number of aromatic nitrogens is 3. The van der Waals surface area contributed by atoms with Gasteiger partial charge in [0, 0.05) is 18.8 Å². The first-order valence-electron chi connectivity index (χ1n) is 10.8. The number of alkyl halides is 3. The van der Waals surface area contributed by atoms with E-state index in [1.807, 2.05) is 0 Å². The van der Waals surface area contributed by atoms with Gasteiger partial charge in [0.2, 0.25) is 5.88 Å². The quantitative estimate of drug-likeness (QED) is 0.452. The molecule has 196 valence electrons. The van der Waals surface area contributed by atoms with Crippen molar-refractivity contribution in [3.8, 4) is 17.4 Å². The van der Waals surface area contributed by atoms with Crippen LogP contribution in [-0.2, 0) is 29.2 Å². The third kappa shape index (κ3) is 5.08. The summed E-state index contributed by atoms with van der Waals surface area (Å²) in [6, 6.07) is 3.34. The van der Waals surface area contributed by atoms with E-state index in [1.54, 1.807) is 4.90 Å². The van der Waals surface area contributed by atoms with Crippen molar-refractivity contribution < 1.29 is 39.8 Å². The van der Waals surface area contributed by atoms with Crippen molar-refractivity contribution in [2.24, 2.45) is 0 Å². The van der Waals surface area contributed by atoms with Crippen molar-refractivity contribution in [2.45, 2.75) is 25.4 Å². The lowest BCUT2D eigenvalue weighted by molar-refractivity contribution is -0.137. The summed E-state index contributed by atoms with van der Waals surface area (Å²) in [6.07, 6.45) is -3.29.